The number of aliphatic hydroxyl groups excluding tert-OH is 1. The van der Waals surface area contributed by atoms with Crippen LogP contribution < -0.4 is 4.74 Å². The van der Waals surface area contributed by atoms with Gasteiger partial charge in [0.05, 0.1) is 17.1 Å². The van der Waals surface area contributed by atoms with Gasteiger partial charge in [0.2, 0.25) is 0 Å². The molecule has 1 aromatic carbocycles. The summed E-state index contributed by atoms with van der Waals surface area (Å²) in [7, 11) is 0. The lowest BCUT2D eigenvalue weighted by atomic mass is 10.2. The Balaban J connectivity index is 2.27. The molecule has 0 radical (unpaired) electrons. The van der Waals surface area contributed by atoms with Gasteiger partial charge in [0.1, 0.15) is 5.75 Å². The van der Waals surface area contributed by atoms with Crippen molar-refractivity contribution in [2.24, 2.45) is 0 Å². The normalized spacial score (nSPS) is 10.2. The summed E-state index contributed by atoms with van der Waals surface area (Å²) in [5.74, 6) is 0.325. The molecule has 0 aliphatic heterocycles. The standard InChI is InChI=1S/C12H11N3O4/c1-8-10(15(17)18)3-2-4-11(8)19-12-13-5-9(7-16)6-14-12/h2-6,16H,7H2,1H3. The third-order valence-corrected chi connectivity index (χ3v) is 2.52. The van der Waals surface area contributed by atoms with Crippen LogP contribution in [0.25, 0.3) is 0 Å². The van der Waals surface area contributed by atoms with Gasteiger partial charge in [-0.3, -0.25) is 10.1 Å². The minimum Gasteiger partial charge on any atom is -0.424 e. The number of nitro groups is 1. The Hall–Kier alpha value is -2.54. The molecule has 0 atom stereocenters. The zero-order valence-electron chi connectivity index (χ0n) is 10.1. The van der Waals surface area contributed by atoms with Crippen molar-refractivity contribution >= 4 is 5.69 Å². The smallest absolute Gasteiger partial charge is 0.321 e. The Morgan fingerprint density at radius 2 is 2.05 bits per heavy atom. The van der Waals surface area contributed by atoms with Gasteiger partial charge in [0.15, 0.2) is 0 Å². The Labute approximate surface area is 108 Å². The lowest BCUT2D eigenvalue weighted by Crippen LogP contribution is -1.97. The highest BCUT2D eigenvalue weighted by Gasteiger charge is 2.15. The third kappa shape index (κ3) is 2.83. The third-order valence-electron chi connectivity index (χ3n) is 2.52. The van der Waals surface area contributed by atoms with Gasteiger partial charge in [-0.15, -0.1) is 0 Å². The van der Waals surface area contributed by atoms with Crippen molar-refractivity contribution in [3.8, 4) is 11.8 Å². The zero-order valence-corrected chi connectivity index (χ0v) is 10.1. The van der Waals surface area contributed by atoms with Gasteiger partial charge < -0.3 is 9.84 Å². The molecule has 0 saturated heterocycles. The van der Waals surface area contributed by atoms with E-state index in [9.17, 15) is 10.1 Å². The average Bonchev–Trinajstić information content (AvgIpc) is 2.41. The van der Waals surface area contributed by atoms with Crippen molar-refractivity contribution < 1.29 is 14.8 Å². The monoisotopic (exact) mass is 261 g/mol. The van der Waals surface area contributed by atoms with E-state index >= 15 is 0 Å². The van der Waals surface area contributed by atoms with Crippen LogP contribution in [0.1, 0.15) is 11.1 Å². The molecule has 1 N–H and O–H groups in total. The predicted molar refractivity (Wildman–Crippen MR) is 65.9 cm³/mol. The molecule has 0 aliphatic rings. The van der Waals surface area contributed by atoms with E-state index in [1.165, 1.54) is 24.5 Å². The summed E-state index contributed by atoms with van der Waals surface area (Å²) in [6, 6.07) is 4.60. The maximum absolute atomic E-state index is 10.8. The fourth-order valence-corrected chi connectivity index (χ4v) is 1.49. The highest BCUT2D eigenvalue weighted by molar-refractivity contribution is 5.49. The molecule has 7 heteroatoms. The number of benzene rings is 1. The largest absolute Gasteiger partial charge is 0.424 e. The van der Waals surface area contributed by atoms with Gasteiger partial charge in [0.25, 0.3) is 5.69 Å². The second kappa shape index (κ2) is 5.40. The number of aliphatic hydroxyl groups is 1. The van der Waals surface area contributed by atoms with Crippen LogP contribution in [0, 0.1) is 17.0 Å². The summed E-state index contributed by atoms with van der Waals surface area (Å²) < 4.78 is 5.39. The van der Waals surface area contributed by atoms with Gasteiger partial charge in [-0.2, -0.15) is 0 Å². The average molecular weight is 261 g/mol. The molecule has 98 valence electrons. The molecule has 0 spiro atoms. The Morgan fingerprint density at radius 3 is 2.63 bits per heavy atom. The van der Waals surface area contributed by atoms with Crippen LogP contribution in [-0.2, 0) is 6.61 Å². The first-order chi connectivity index (χ1) is 9.11. The summed E-state index contributed by atoms with van der Waals surface area (Å²) in [6.07, 6.45) is 2.85. The van der Waals surface area contributed by atoms with Crippen molar-refractivity contribution in [1.82, 2.24) is 9.97 Å². The molecule has 0 fully saturated rings. The fraction of sp³-hybridized carbons (Fsp3) is 0.167. The van der Waals surface area contributed by atoms with Gasteiger partial charge in [0, 0.05) is 24.0 Å². The minimum absolute atomic E-state index is 0.0236. The molecular formula is C12H11N3O4. The van der Waals surface area contributed by atoms with Crippen molar-refractivity contribution in [1.29, 1.82) is 0 Å². The van der Waals surface area contributed by atoms with Crippen LogP contribution in [0.2, 0.25) is 0 Å². The molecule has 7 nitrogen and oxygen atoms in total. The van der Waals surface area contributed by atoms with Crippen LogP contribution in [0.15, 0.2) is 30.6 Å². The first-order valence-electron chi connectivity index (χ1n) is 5.45. The SMILES string of the molecule is Cc1c(Oc2ncc(CO)cn2)cccc1[N+](=O)[O-]. The molecule has 0 saturated carbocycles. The topological polar surface area (TPSA) is 98.4 Å². The number of rotatable bonds is 4. The lowest BCUT2D eigenvalue weighted by molar-refractivity contribution is -0.385. The number of hydrogen-bond acceptors (Lipinski definition) is 6. The van der Waals surface area contributed by atoms with Gasteiger partial charge in [-0.25, -0.2) is 9.97 Å². The fourth-order valence-electron chi connectivity index (χ4n) is 1.49. The second-order valence-corrected chi connectivity index (χ2v) is 3.79. The molecule has 0 amide bonds. The van der Waals surface area contributed by atoms with E-state index in [0.717, 1.165) is 0 Å². The molecule has 0 aliphatic carbocycles. The summed E-state index contributed by atoms with van der Waals surface area (Å²) in [6.45, 7) is 1.44. The Morgan fingerprint density at radius 1 is 1.37 bits per heavy atom. The molecule has 1 heterocycles. The summed E-state index contributed by atoms with van der Waals surface area (Å²) in [5.41, 5.74) is 0.940. The van der Waals surface area contributed by atoms with Crippen molar-refractivity contribution in [2.45, 2.75) is 13.5 Å². The number of ether oxygens (including phenoxy) is 1. The van der Waals surface area contributed by atoms with Crippen LogP contribution in [0.4, 0.5) is 5.69 Å². The lowest BCUT2D eigenvalue weighted by Gasteiger charge is -2.07. The van der Waals surface area contributed by atoms with Gasteiger partial charge >= 0.3 is 6.01 Å². The molecule has 2 aromatic rings. The molecule has 2 rings (SSSR count). The maximum atomic E-state index is 10.8. The number of hydrogen-bond donors (Lipinski definition) is 1. The minimum atomic E-state index is -0.474. The Bertz CT molecular complexity index is 598. The highest BCUT2D eigenvalue weighted by Crippen LogP contribution is 2.29. The summed E-state index contributed by atoms with van der Waals surface area (Å²) in [5, 5.41) is 19.7. The van der Waals surface area contributed by atoms with Crippen molar-refractivity contribution in [3.05, 3.63) is 51.8 Å². The van der Waals surface area contributed by atoms with E-state index in [-0.39, 0.29) is 18.3 Å². The van der Waals surface area contributed by atoms with E-state index in [1.807, 2.05) is 0 Å². The van der Waals surface area contributed by atoms with Crippen LogP contribution >= 0.6 is 0 Å². The summed E-state index contributed by atoms with van der Waals surface area (Å²) in [4.78, 5) is 18.1. The maximum Gasteiger partial charge on any atom is 0.321 e. The molecule has 0 bridgehead atoms. The van der Waals surface area contributed by atoms with Crippen LogP contribution in [-0.4, -0.2) is 20.0 Å². The van der Waals surface area contributed by atoms with Gasteiger partial charge in [-0.1, -0.05) is 6.07 Å². The Kier molecular flexibility index (Phi) is 3.67. The van der Waals surface area contributed by atoms with Gasteiger partial charge in [-0.05, 0) is 13.0 Å². The van der Waals surface area contributed by atoms with E-state index < -0.39 is 4.92 Å². The zero-order chi connectivity index (χ0) is 13.8. The first-order valence-corrected chi connectivity index (χ1v) is 5.45. The van der Waals surface area contributed by atoms with E-state index in [4.69, 9.17) is 9.84 Å². The summed E-state index contributed by atoms with van der Waals surface area (Å²) >= 11 is 0. The van der Waals surface area contributed by atoms with Crippen molar-refractivity contribution in [2.75, 3.05) is 0 Å². The predicted octanol–water partition coefficient (Wildman–Crippen LogP) is 1.98. The molecule has 19 heavy (non-hydrogen) atoms. The molecule has 0 unspecified atom stereocenters. The highest BCUT2D eigenvalue weighted by atomic mass is 16.6. The van der Waals surface area contributed by atoms with Crippen LogP contribution in [0.5, 0.6) is 11.8 Å². The van der Waals surface area contributed by atoms with E-state index in [1.54, 1.807) is 13.0 Å². The second-order valence-electron chi connectivity index (χ2n) is 3.79. The quantitative estimate of drug-likeness (QED) is 0.667. The van der Waals surface area contributed by atoms with E-state index in [0.29, 0.717) is 16.9 Å². The number of nitrogens with zero attached hydrogens (tertiary/aromatic N) is 3. The van der Waals surface area contributed by atoms with Crippen LogP contribution in [0.3, 0.4) is 0 Å². The first kappa shape index (κ1) is 12.9. The molecular weight excluding hydrogens is 250 g/mol. The number of aromatic nitrogens is 2. The molecule has 1 aromatic heterocycles. The number of nitro benzene ring substituents is 1. The van der Waals surface area contributed by atoms with Crippen molar-refractivity contribution in [3.63, 3.8) is 0 Å². The van der Waals surface area contributed by atoms with E-state index in [2.05, 4.69) is 9.97 Å².